The highest BCUT2D eigenvalue weighted by molar-refractivity contribution is 8.23. The number of halogens is 2. The van der Waals surface area contributed by atoms with Crippen LogP contribution < -0.4 is 5.73 Å². The van der Waals surface area contributed by atoms with Gasteiger partial charge < -0.3 is 5.73 Å². The van der Waals surface area contributed by atoms with Gasteiger partial charge in [-0.2, -0.15) is 0 Å². The van der Waals surface area contributed by atoms with Gasteiger partial charge in [0.1, 0.15) is 0 Å². The molecule has 0 aromatic carbocycles. The van der Waals surface area contributed by atoms with Crippen molar-refractivity contribution in [1.29, 1.82) is 0 Å². The lowest BCUT2D eigenvalue weighted by Gasteiger charge is -2.00. The fourth-order valence-electron chi connectivity index (χ4n) is 0.430. The molecule has 0 bridgehead atoms. The number of rotatable bonds is 3. The van der Waals surface area contributed by atoms with E-state index in [9.17, 15) is 0 Å². The third-order valence-electron chi connectivity index (χ3n) is 0.713. The predicted octanol–water partition coefficient (Wildman–Crippen LogP) is 2.69. The van der Waals surface area contributed by atoms with Crippen LogP contribution in [0, 0.1) is 0 Å². The van der Waals surface area contributed by atoms with Crippen molar-refractivity contribution in [3.63, 3.8) is 0 Å². The van der Waals surface area contributed by atoms with Crippen LogP contribution in [-0.2, 0) is 0 Å². The predicted molar refractivity (Wildman–Crippen MR) is 45.6 cm³/mol. The smallest absolute Gasteiger partial charge is 0.0362 e. The molecule has 1 atom stereocenters. The van der Waals surface area contributed by atoms with Crippen molar-refractivity contribution < 1.29 is 0 Å². The molecule has 1 nitrogen and oxygen atoms in total. The Morgan fingerprint density at radius 1 is 1.89 bits per heavy atom. The topological polar surface area (TPSA) is 26.0 Å². The highest BCUT2D eigenvalue weighted by Gasteiger charge is 1.96. The Balaban J connectivity index is 3.49. The van der Waals surface area contributed by atoms with Gasteiger partial charge in [-0.15, -0.1) is 11.6 Å². The van der Waals surface area contributed by atoms with E-state index in [2.05, 4.69) is 0 Å². The number of nitrogens with two attached hydrogens (primary N) is 1. The van der Waals surface area contributed by atoms with Gasteiger partial charge in [0.05, 0.1) is 0 Å². The molecule has 9 heavy (non-hydrogen) atoms. The van der Waals surface area contributed by atoms with Crippen LogP contribution in [-0.4, -0.2) is 5.38 Å². The van der Waals surface area contributed by atoms with Crippen LogP contribution in [0.4, 0.5) is 0 Å². The van der Waals surface area contributed by atoms with E-state index in [4.69, 9.17) is 28.0 Å². The normalized spacial score (nSPS) is 15.7. The molecule has 2 N–H and O–H groups in total. The summed E-state index contributed by atoms with van der Waals surface area (Å²) in [5.41, 5.74) is 6.19. The minimum Gasteiger partial charge on any atom is -0.402 e. The maximum absolute atomic E-state index is 5.64. The zero-order valence-corrected chi connectivity index (χ0v) is 7.43. The molecule has 0 fully saturated rings. The molecular weight excluding hydrogens is 177 g/mol. The standard InChI is InChI=1S/C5H9Cl2NS/c1-4(6)2-5(8)3-9-7/h3-4H,2,8H2,1H3/b5-3-. The molecule has 54 valence electrons. The van der Waals surface area contributed by atoms with Crippen molar-refractivity contribution in [2.24, 2.45) is 5.73 Å². The Hall–Kier alpha value is 0.470. The molecule has 0 saturated carbocycles. The SMILES string of the molecule is CC(Cl)C/C(N)=C/SCl. The van der Waals surface area contributed by atoms with E-state index < -0.39 is 0 Å². The van der Waals surface area contributed by atoms with Crippen molar-refractivity contribution in [2.75, 3.05) is 0 Å². The van der Waals surface area contributed by atoms with Gasteiger partial charge in [-0.1, -0.05) is 0 Å². The van der Waals surface area contributed by atoms with Crippen LogP contribution in [0.25, 0.3) is 0 Å². The van der Waals surface area contributed by atoms with Crippen molar-refractivity contribution in [2.45, 2.75) is 18.7 Å². The summed E-state index contributed by atoms with van der Waals surface area (Å²) >= 11 is 5.64. The highest BCUT2D eigenvalue weighted by atomic mass is 35.7. The van der Waals surface area contributed by atoms with E-state index in [0.29, 0.717) is 6.42 Å². The monoisotopic (exact) mass is 185 g/mol. The first-order chi connectivity index (χ1) is 4.16. The second kappa shape index (κ2) is 5.27. The van der Waals surface area contributed by atoms with Crippen LogP contribution in [0.1, 0.15) is 13.3 Å². The summed E-state index contributed by atoms with van der Waals surface area (Å²) in [5.74, 6) is 0. The molecule has 0 amide bonds. The number of hydrogen-bond donors (Lipinski definition) is 1. The lowest BCUT2D eigenvalue weighted by atomic mass is 10.3. The fraction of sp³-hybridized carbons (Fsp3) is 0.600. The molecule has 0 aliphatic carbocycles. The summed E-state index contributed by atoms with van der Waals surface area (Å²) in [6.07, 6.45) is 0.696. The molecule has 0 aliphatic rings. The second-order valence-electron chi connectivity index (χ2n) is 1.77. The molecule has 0 saturated heterocycles. The molecule has 0 radical (unpaired) electrons. The van der Waals surface area contributed by atoms with E-state index in [1.807, 2.05) is 6.92 Å². The van der Waals surface area contributed by atoms with Gasteiger partial charge >= 0.3 is 0 Å². The molecule has 0 aliphatic heterocycles. The lowest BCUT2D eigenvalue weighted by Crippen LogP contribution is -2.01. The second-order valence-corrected chi connectivity index (χ2v) is 3.46. The minimum absolute atomic E-state index is 0.0880. The Labute approximate surface area is 69.1 Å². The molecule has 0 heterocycles. The number of alkyl halides is 1. The van der Waals surface area contributed by atoms with Crippen LogP contribution >= 0.6 is 33.3 Å². The van der Waals surface area contributed by atoms with Gasteiger partial charge in [0, 0.05) is 22.9 Å². The molecule has 0 aromatic heterocycles. The van der Waals surface area contributed by atoms with E-state index in [-0.39, 0.29) is 5.38 Å². The van der Waals surface area contributed by atoms with Gasteiger partial charge in [0.25, 0.3) is 0 Å². The average molecular weight is 186 g/mol. The number of hydrogen-bond acceptors (Lipinski definition) is 2. The first-order valence-electron chi connectivity index (χ1n) is 2.52. The van der Waals surface area contributed by atoms with Gasteiger partial charge in [0.2, 0.25) is 0 Å². The Bertz CT molecular complexity index is 103. The molecular formula is C5H9Cl2NS. The van der Waals surface area contributed by atoms with Gasteiger partial charge in [-0.3, -0.25) is 0 Å². The van der Waals surface area contributed by atoms with Gasteiger partial charge in [-0.25, -0.2) is 0 Å². The van der Waals surface area contributed by atoms with Crippen molar-refractivity contribution >= 4 is 33.3 Å². The number of allylic oxidation sites excluding steroid dienone is 1. The fourth-order valence-corrected chi connectivity index (χ4v) is 1.16. The van der Waals surface area contributed by atoms with Gasteiger partial charge in [-0.05, 0) is 28.6 Å². The van der Waals surface area contributed by atoms with E-state index in [1.54, 1.807) is 5.41 Å². The van der Waals surface area contributed by atoms with Crippen LogP contribution in [0.5, 0.6) is 0 Å². The van der Waals surface area contributed by atoms with E-state index in [0.717, 1.165) is 16.7 Å². The Morgan fingerprint density at radius 3 is 2.78 bits per heavy atom. The molecule has 0 rings (SSSR count). The quantitative estimate of drug-likeness (QED) is 0.685. The Kier molecular flexibility index (Phi) is 5.55. The van der Waals surface area contributed by atoms with Crippen LogP contribution in [0.15, 0.2) is 11.1 Å². The van der Waals surface area contributed by atoms with E-state index in [1.165, 1.54) is 0 Å². The summed E-state index contributed by atoms with van der Waals surface area (Å²) in [5, 5.41) is 1.77. The maximum atomic E-state index is 5.64. The summed E-state index contributed by atoms with van der Waals surface area (Å²) in [6.45, 7) is 1.89. The largest absolute Gasteiger partial charge is 0.402 e. The first kappa shape index (κ1) is 9.47. The zero-order valence-electron chi connectivity index (χ0n) is 5.10. The highest BCUT2D eigenvalue weighted by Crippen LogP contribution is 2.13. The summed E-state index contributed by atoms with van der Waals surface area (Å²) in [4.78, 5) is 0. The summed E-state index contributed by atoms with van der Waals surface area (Å²) in [6, 6.07) is 0. The summed E-state index contributed by atoms with van der Waals surface area (Å²) in [7, 11) is 6.38. The average Bonchev–Trinajstić information content (AvgIpc) is 1.63. The molecule has 0 aromatic rings. The van der Waals surface area contributed by atoms with Crippen molar-refractivity contribution in [1.82, 2.24) is 0 Å². The minimum atomic E-state index is 0.0880. The zero-order chi connectivity index (χ0) is 7.28. The van der Waals surface area contributed by atoms with Gasteiger partial charge in [0.15, 0.2) is 0 Å². The van der Waals surface area contributed by atoms with Crippen LogP contribution in [0.2, 0.25) is 0 Å². The maximum Gasteiger partial charge on any atom is 0.0362 e. The summed E-state index contributed by atoms with van der Waals surface area (Å²) < 4.78 is 0. The molecule has 4 heteroatoms. The van der Waals surface area contributed by atoms with E-state index >= 15 is 0 Å². The Morgan fingerprint density at radius 2 is 2.44 bits per heavy atom. The molecule has 1 unspecified atom stereocenters. The lowest BCUT2D eigenvalue weighted by molar-refractivity contribution is 0.905. The molecule has 0 spiro atoms. The van der Waals surface area contributed by atoms with Crippen molar-refractivity contribution in [3.05, 3.63) is 11.1 Å². The van der Waals surface area contributed by atoms with Crippen molar-refractivity contribution in [3.8, 4) is 0 Å². The van der Waals surface area contributed by atoms with Crippen LogP contribution in [0.3, 0.4) is 0 Å². The third kappa shape index (κ3) is 6.35. The first-order valence-corrected chi connectivity index (χ1v) is 4.67. The third-order valence-corrected chi connectivity index (χ3v) is 1.53.